The summed E-state index contributed by atoms with van der Waals surface area (Å²) in [4.78, 5) is 24.0. The van der Waals surface area contributed by atoms with Crippen LogP contribution in [0, 0.1) is 0 Å². The van der Waals surface area contributed by atoms with Crippen molar-refractivity contribution in [3.63, 3.8) is 0 Å². The minimum Gasteiger partial charge on any atom is -0.351 e. The fourth-order valence-corrected chi connectivity index (χ4v) is 1.79. The van der Waals surface area contributed by atoms with E-state index >= 15 is 0 Å². The second-order valence-corrected chi connectivity index (χ2v) is 5.80. The summed E-state index contributed by atoms with van der Waals surface area (Å²) in [6.45, 7) is 6.06. The number of rotatable bonds is 4. The van der Waals surface area contributed by atoms with Crippen molar-refractivity contribution in [2.75, 3.05) is 6.54 Å². The predicted molar refractivity (Wildman–Crippen MR) is 78.5 cm³/mol. The van der Waals surface area contributed by atoms with Gasteiger partial charge in [0.15, 0.2) is 0 Å². The molecule has 0 spiro atoms. The third-order valence-electron chi connectivity index (χ3n) is 2.30. The van der Waals surface area contributed by atoms with Gasteiger partial charge in [0, 0.05) is 23.4 Å². The molecule has 0 atom stereocenters. The minimum atomic E-state index is -0.251. The maximum Gasteiger partial charge on any atom is 0.252 e. The molecule has 19 heavy (non-hydrogen) atoms. The van der Waals surface area contributed by atoms with Gasteiger partial charge in [-0.1, -0.05) is 12.1 Å². The van der Waals surface area contributed by atoms with Crippen molar-refractivity contribution < 1.29 is 9.59 Å². The highest BCUT2D eigenvalue weighted by Gasteiger charge is 2.14. The molecule has 0 radical (unpaired) electrons. The van der Waals surface area contributed by atoms with E-state index in [0.717, 1.165) is 0 Å². The molecule has 0 aliphatic carbocycles. The maximum atomic E-state index is 11.8. The molecule has 0 aromatic heterocycles. The Bertz CT molecular complexity index is 467. The van der Waals surface area contributed by atoms with Gasteiger partial charge in [-0.15, -0.1) is 12.6 Å². The second-order valence-electron chi connectivity index (χ2n) is 5.32. The van der Waals surface area contributed by atoms with E-state index in [2.05, 4.69) is 23.3 Å². The lowest BCUT2D eigenvalue weighted by Gasteiger charge is -2.20. The van der Waals surface area contributed by atoms with Crippen molar-refractivity contribution in [3.8, 4) is 0 Å². The van der Waals surface area contributed by atoms with Crippen LogP contribution < -0.4 is 10.6 Å². The number of thiol groups is 1. The van der Waals surface area contributed by atoms with E-state index in [0.29, 0.717) is 17.0 Å². The van der Waals surface area contributed by atoms with E-state index in [1.54, 1.807) is 18.2 Å². The molecule has 4 nitrogen and oxygen atoms in total. The van der Waals surface area contributed by atoms with Crippen molar-refractivity contribution >= 4 is 24.4 Å². The third kappa shape index (κ3) is 5.79. The zero-order valence-corrected chi connectivity index (χ0v) is 12.4. The highest BCUT2D eigenvalue weighted by molar-refractivity contribution is 7.80. The fourth-order valence-electron chi connectivity index (χ4n) is 1.53. The number of carbonyl (C=O) groups is 2. The normalized spacial score (nSPS) is 10.9. The van der Waals surface area contributed by atoms with Gasteiger partial charge < -0.3 is 10.6 Å². The molecular weight excluding hydrogens is 260 g/mol. The van der Waals surface area contributed by atoms with Gasteiger partial charge in [-0.2, -0.15) is 0 Å². The van der Waals surface area contributed by atoms with Gasteiger partial charge in [0.25, 0.3) is 5.91 Å². The highest BCUT2D eigenvalue weighted by Crippen LogP contribution is 2.12. The molecule has 0 saturated carbocycles. The quantitative estimate of drug-likeness (QED) is 0.739. The Morgan fingerprint density at radius 2 is 1.84 bits per heavy atom. The predicted octanol–water partition coefficient (Wildman–Crippen LogP) is 2.01. The fraction of sp³-hybridized carbons (Fsp3) is 0.429. The molecule has 0 aliphatic heterocycles. The Morgan fingerprint density at radius 1 is 1.21 bits per heavy atom. The van der Waals surface area contributed by atoms with Crippen molar-refractivity contribution in [2.24, 2.45) is 0 Å². The number of nitrogens with one attached hydrogen (secondary N) is 2. The Balaban J connectivity index is 2.40. The molecule has 0 heterocycles. The van der Waals surface area contributed by atoms with Crippen LogP contribution in [-0.2, 0) is 4.79 Å². The summed E-state index contributed by atoms with van der Waals surface area (Å²) in [6, 6.07) is 7.05. The van der Waals surface area contributed by atoms with Crippen molar-refractivity contribution in [1.82, 2.24) is 10.6 Å². The van der Waals surface area contributed by atoms with E-state index in [4.69, 9.17) is 0 Å². The molecule has 2 N–H and O–H groups in total. The molecule has 0 unspecified atom stereocenters. The van der Waals surface area contributed by atoms with Crippen LogP contribution in [0.1, 0.15) is 37.6 Å². The lowest BCUT2D eigenvalue weighted by Crippen LogP contribution is -2.42. The van der Waals surface area contributed by atoms with Crippen LogP contribution in [0.3, 0.4) is 0 Å². The monoisotopic (exact) mass is 280 g/mol. The molecular formula is C14H20N2O2S. The van der Waals surface area contributed by atoms with Gasteiger partial charge in [0.1, 0.15) is 0 Å². The molecule has 2 amide bonds. The topological polar surface area (TPSA) is 58.2 Å². The van der Waals surface area contributed by atoms with Gasteiger partial charge in [-0.3, -0.25) is 9.59 Å². The zero-order valence-electron chi connectivity index (χ0n) is 11.5. The van der Waals surface area contributed by atoms with Crippen LogP contribution in [0.15, 0.2) is 29.2 Å². The van der Waals surface area contributed by atoms with E-state index in [1.807, 2.05) is 26.8 Å². The summed E-state index contributed by atoms with van der Waals surface area (Å²) in [5.41, 5.74) is 0.265. The van der Waals surface area contributed by atoms with Crippen LogP contribution in [0.5, 0.6) is 0 Å². The van der Waals surface area contributed by atoms with Gasteiger partial charge >= 0.3 is 0 Å². The van der Waals surface area contributed by atoms with Gasteiger partial charge in [0.05, 0.1) is 5.56 Å². The first-order valence-corrected chi connectivity index (χ1v) is 6.61. The Morgan fingerprint density at radius 3 is 2.42 bits per heavy atom. The SMILES string of the molecule is CC(C)(C)NC(=O)CCNC(=O)c1ccccc1S. The number of carbonyl (C=O) groups excluding carboxylic acids is 2. The summed E-state index contributed by atoms with van der Waals surface area (Å²) in [5, 5.41) is 5.55. The molecule has 104 valence electrons. The first-order chi connectivity index (χ1) is 8.79. The van der Waals surface area contributed by atoms with Crippen LogP contribution >= 0.6 is 12.6 Å². The summed E-state index contributed by atoms with van der Waals surface area (Å²) >= 11 is 4.22. The average molecular weight is 280 g/mol. The largest absolute Gasteiger partial charge is 0.351 e. The molecule has 1 aromatic rings. The van der Waals surface area contributed by atoms with Crippen LogP contribution in [0.25, 0.3) is 0 Å². The van der Waals surface area contributed by atoms with E-state index in [1.165, 1.54) is 0 Å². The van der Waals surface area contributed by atoms with Crippen molar-refractivity contribution in [1.29, 1.82) is 0 Å². The van der Waals surface area contributed by atoms with Crippen molar-refractivity contribution in [3.05, 3.63) is 29.8 Å². The molecule has 1 rings (SSSR count). The van der Waals surface area contributed by atoms with Gasteiger partial charge in [0.2, 0.25) is 5.91 Å². The smallest absolute Gasteiger partial charge is 0.252 e. The van der Waals surface area contributed by atoms with Crippen molar-refractivity contribution in [2.45, 2.75) is 37.6 Å². The van der Waals surface area contributed by atoms with E-state index < -0.39 is 0 Å². The number of amides is 2. The minimum absolute atomic E-state index is 0.0769. The average Bonchev–Trinajstić information content (AvgIpc) is 2.26. The van der Waals surface area contributed by atoms with Crippen LogP contribution in [0.4, 0.5) is 0 Å². The molecule has 0 bridgehead atoms. The molecule has 0 aliphatic rings. The van der Waals surface area contributed by atoms with Crippen LogP contribution in [0.2, 0.25) is 0 Å². The number of hydrogen-bond acceptors (Lipinski definition) is 3. The molecule has 5 heteroatoms. The summed E-state index contributed by atoms with van der Waals surface area (Å²) < 4.78 is 0. The Labute approximate surface area is 119 Å². The summed E-state index contributed by atoms with van der Waals surface area (Å²) in [7, 11) is 0. The summed E-state index contributed by atoms with van der Waals surface area (Å²) in [6.07, 6.45) is 0.262. The molecule has 1 aromatic carbocycles. The second kappa shape index (κ2) is 6.61. The van der Waals surface area contributed by atoms with Gasteiger partial charge in [-0.05, 0) is 32.9 Å². The molecule has 0 fully saturated rings. The number of hydrogen-bond donors (Lipinski definition) is 3. The van der Waals surface area contributed by atoms with E-state index in [-0.39, 0.29) is 23.8 Å². The first-order valence-electron chi connectivity index (χ1n) is 6.17. The van der Waals surface area contributed by atoms with Crippen LogP contribution in [-0.4, -0.2) is 23.9 Å². The highest BCUT2D eigenvalue weighted by atomic mass is 32.1. The zero-order chi connectivity index (χ0) is 14.5. The van der Waals surface area contributed by atoms with E-state index in [9.17, 15) is 9.59 Å². The number of benzene rings is 1. The third-order valence-corrected chi connectivity index (χ3v) is 2.69. The lowest BCUT2D eigenvalue weighted by atomic mass is 10.1. The molecule has 0 saturated heterocycles. The Hall–Kier alpha value is -1.49. The Kier molecular flexibility index (Phi) is 5.42. The van der Waals surface area contributed by atoms with Gasteiger partial charge in [-0.25, -0.2) is 0 Å². The standard InChI is InChI=1S/C14H20N2O2S/c1-14(2,3)16-12(17)8-9-15-13(18)10-6-4-5-7-11(10)19/h4-7,19H,8-9H2,1-3H3,(H,15,18)(H,16,17). The maximum absolute atomic E-state index is 11.8. The lowest BCUT2D eigenvalue weighted by molar-refractivity contribution is -0.122. The summed E-state index contributed by atoms with van der Waals surface area (Å²) in [5.74, 6) is -0.291. The first kappa shape index (κ1) is 15.6.